The van der Waals surface area contributed by atoms with E-state index >= 15 is 0 Å². The summed E-state index contributed by atoms with van der Waals surface area (Å²) < 4.78 is 4.55. The minimum atomic E-state index is -0.0588. The molecule has 4 N–H and O–H groups in total. The SMILES string of the molecule is NOOSc1ccc(O)c(N=Nc2c(O)ccc3ccccc23)c1. The molecule has 0 aliphatic carbocycles. The van der Waals surface area contributed by atoms with Gasteiger partial charge in [0.2, 0.25) is 0 Å². The molecule has 0 radical (unpaired) electrons. The average Bonchev–Trinajstić information content (AvgIpc) is 2.61. The second kappa shape index (κ2) is 7.28. The molecule has 0 saturated heterocycles. The van der Waals surface area contributed by atoms with Crippen molar-refractivity contribution in [1.82, 2.24) is 0 Å². The minimum Gasteiger partial charge on any atom is -0.506 e. The van der Waals surface area contributed by atoms with Crippen molar-refractivity contribution in [3.8, 4) is 11.5 Å². The zero-order valence-corrected chi connectivity index (χ0v) is 13.1. The van der Waals surface area contributed by atoms with Crippen LogP contribution in [0.15, 0.2) is 69.7 Å². The van der Waals surface area contributed by atoms with E-state index in [2.05, 4.69) is 19.6 Å². The van der Waals surface area contributed by atoms with Crippen molar-refractivity contribution in [2.75, 3.05) is 0 Å². The van der Waals surface area contributed by atoms with E-state index < -0.39 is 0 Å². The number of azo groups is 1. The molecule has 0 fully saturated rings. The van der Waals surface area contributed by atoms with Crippen molar-refractivity contribution in [2.45, 2.75) is 4.90 Å². The van der Waals surface area contributed by atoms with Crippen molar-refractivity contribution >= 4 is 34.2 Å². The molecule has 0 aliphatic heterocycles. The van der Waals surface area contributed by atoms with Gasteiger partial charge in [-0.3, -0.25) is 0 Å². The smallest absolute Gasteiger partial charge is 0.143 e. The molecule has 0 aromatic heterocycles. The first-order chi connectivity index (χ1) is 11.7. The fraction of sp³-hybridized carbons (Fsp3) is 0. The van der Waals surface area contributed by atoms with Crippen LogP contribution in [-0.2, 0) is 9.32 Å². The highest BCUT2D eigenvalue weighted by atomic mass is 32.2. The molecule has 0 saturated carbocycles. The molecule has 0 heterocycles. The molecule has 0 atom stereocenters. The minimum absolute atomic E-state index is 0.00216. The number of benzene rings is 3. The molecular formula is C16H13N3O4S. The summed E-state index contributed by atoms with van der Waals surface area (Å²) in [5.74, 6) is 4.73. The van der Waals surface area contributed by atoms with Crippen molar-refractivity contribution < 1.29 is 19.5 Å². The number of hydrogen-bond acceptors (Lipinski definition) is 8. The molecule has 3 aromatic rings. The van der Waals surface area contributed by atoms with Gasteiger partial charge in [0, 0.05) is 10.3 Å². The summed E-state index contributed by atoms with van der Waals surface area (Å²) in [6.45, 7) is 0. The third-order valence-corrected chi connectivity index (χ3v) is 3.85. The highest BCUT2D eigenvalue weighted by Crippen LogP contribution is 2.38. The number of phenolic OH excluding ortho intramolecular Hbond substituents is 2. The zero-order valence-electron chi connectivity index (χ0n) is 12.3. The van der Waals surface area contributed by atoms with Gasteiger partial charge < -0.3 is 10.2 Å². The van der Waals surface area contributed by atoms with E-state index in [4.69, 9.17) is 5.90 Å². The Hall–Kier alpha value is -2.65. The lowest BCUT2D eigenvalue weighted by atomic mass is 10.1. The van der Waals surface area contributed by atoms with Crippen molar-refractivity contribution in [1.29, 1.82) is 0 Å². The van der Waals surface area contributed by atoms with Crippen LogP contribution in [0.2, 0.25) is 0 Å². The van der Waals surface area contributed by atoms with Gasteiger partial charge in [-0.2, -0.15) is 5.90 Å². The van der Waals surface area contributed by atoms with Gasteiger partial charge in [-0.05, 0) is 29.7 Å². The monoisotopic (exact) mass is 343 g/mol. The maximum absolute atomic E-state index is 10.1. The van der Waals surface area contributed by atoms with E-state index in [0.717, 1.165) is 22.8 Å². The van der Waals surface area contributed by atoms with Crippen LogP contribution in [0, 0.1) is 0 Å². The molecular weight excluding hydrogens is 330 g/mol. The molecule has 0 aliphatic rings. The van der Waals surface area contributed by atoms with Gasteiger partial charge in [0.25, 0.3) is 0 Å². The first kappa shape index (κ1) is 16.2. The summed E-state index contributed by atoms with van der Waals surface area (Å²) in [6, 6.07) is 15.4. The topological polar surface area (TPSA) is 110 Å². The Morgan fingerprint density at radius 2 is 1.71 bits per heavy atom. The molecule has 0 spiro atoms. The summed E-state index contributed by atoms with van der Waals surface area (Å²) in [4.78, 5) is 4.63. The second-order valence-electron chi connectivity index (χ2n) is 4.75. The Morgan fingerprint density at radius 1 is 0.917 bits per heavy atom. The number of hydrogen-bond donors (Lipinski definition) is 3. The summed E-state index contributed by atoms with van der Waals surface area (Å²) in [7, 11) is 0. The van der Waals surface area contributed by atoms with Crippen LogP contribution < -0.4 is 5.90 Å². The van der Waals surface area contributed by atoms with Gasteiger partial charge in [0.1, 0.15) is 22.9 Å². The first-order valence-electron chi connectivity index (χ1n) is 6.84. The van der Waals surface area contributed by atoms with Gasteiger partial charge in [0.05, 0.1) is 12.0 Å². The summed E-state index contributed by atoms with van der Waals surface area (Å²) in [5.41, 5.74) is 0.542. The third kappa shape index (κ3) is 3.47. The van der Waals surface area contributed by atoms with Crippen LogP contribution in [0.4, 0.5) is 11.4 Å². The zero-order chi connectivity index (χ0) is 16.9. The quantitative estimate of drug-likeness (QED) is 0.272. The Balaban J connectivity index is 1.98. The Labute approximate surface area is 141 Å². The summed E-state index contributed by atoms with van der Waals surface area (Å²) in [6.07, 6.45) is 0. The lowest BCUT2D eigenvalue weighted by molar-refractivity contribution is -0.195. The van der Waals surface area contributed by atoms with Crippen molar-refractivity contribution in [2.24, 2.45) is 16.1 Å². The van der Waals surface area contributed by atoms with E-state index in [0.29, 0.717) is 10.6 Å². The maximum Gasteiger partial charge on any atom is 0.143 e. The lowest BCUT2D eigenvalue weighted by Crippen LogP contribution is -1.93. The highest BCUT2D eigenvalue weighted by Gasteiger charge is 2.08. The van der Waals surface area contributed by atoms with Crippen LogP contribution >= 0.6 is 12.0 Å². The van der Waals surface area contributed by atoms with Gasteiger partial charge in [-0.25, -0.2) is 0 Å². The van der Waals surface area contributed by atoms with Crippen LogP contribution in [0.1, 0.15) is 0 Å². The van der Waals surface area contributed by atoms with Gasteiger partial charge in [0.15, 0.2) is 0 Å². The van der Waals surface area contributed by atoms with Gasteiger partial charge >= 0.3 is 0 Å². The standard InChI is InChI=1S/C16H13N3O4S/c17-22-23-24-11-6-8-14(20)13(9-11)18-19-16-12-4-2-1-3-10(12)5-7-15(16)21/h1-9,20-21H,17H2. The van der Waals surface area contributed by atoms with Gasteiger partial charge in [-0.1, -0.05) is 30.3 Å². The van der Waals surface area contributed by atoms with Crippen LogP contribution in [-0.4, -0.2) is 10.2 Å². The van der Waals surface area contributed by atoms with Crippen LogP contribution in [0.3, 0.4) is 0 Å². The number of rotatable bonds is 5. The van der Waals surface area contributed by atoms with Crippen molar-refractivity contribution in [3.63, 3.8) is 0 Å². The average molecular weight is 343 g/mol. The molecule has 8 heteroatoms. The van der Waals surface area contributed by atoms with Crippen LogP contribution in [0.25, 0.3) is 10.8 Å². The third-order valence-electron chi connectivity index (χ3n) is 3.25. The number of fused-ring (bicyclic) bond motifs is 1. The van der Waals surface area contributed by atoms with E-state index in [1.165, 1.54) is 6.07 Å². The largest absolute Gasteiger partial charge is 0.506 e. The molecule has 3 aromatic carbocycles. The molecule has 7 nitrogen and oxygen atoms in total. The molecule has 122 valence electrons. The summed E-state index contributed by atoms with van der Waals surface area (Å²) >= 11 is 0.861. The number of nitrogens with zero attached hydrogens (tertiary/aromatic N) is 2. The number of aromatic hydroxyl groups is 2. The second-order valence-corrected chi connectivity index (χ2v) is 5.53. The highest BCUT2D eigenvalue weighted by molar-refractivity contribution is 7.94. The van der Waals surface area contributed by atoms with Crippen molar-refractivity contribution in [3.05, 3.63) is 54.6 Å². The number of phenols is 2. The van der Waals surface area contributed by atoms with E-state index in [1.807, 2.05) is 24.3 Å². The maximum atomic E-state index is 10.1. The number of nitrogens with two attached hydrogens (primary N) is 1. The Bertz CT molecular complexity index is 902. The molecule has 24 heavy (non-hydrogen) atoms. The first-order valence-corrected chi connectivity index (χ1v) is 7.59. The van der Waals surface area contributed by atoms with E-state index in [-0.39, 0.29) is 17.2 Å². The normalized spacial score (nSPS) is 11.4. The van der Waals surface area contributed by atoms with E-state index in [1.54, 1.807) is 24.3 Å². The molecule has 0 bridgehead atoms. The molecule has 3 rings (SSSR count). The lowest BCUT2D eigenvalue weighted by Gasteiger charge is -2.04. The fourth-order valence-electron chi connectivity index (χ4n) is 2.15. The fourth-order valence-corrected chi connectivity index (χ4v) is 2.55. The predicted octanol–water partition coefficient (Wildman–Crippen LogP) is 4.50. The van der Waals surface area contributed by atoms with E-state index in [9.17, 15) is 10.2 Å². The molecule has 0 unspecified atom stereocenters. The Kier molecular flexibility index (Phi) is 4.92. The van der Waals surface area contributed by atoms with Gasteiger partial charge in [-0.15, -0.1) is 19.6 Å². The summed E-state index contributed by atoms with van der Waals surface area (Å²) in [5, 5.41) is 29.8. The Morgan fingerprint density at radius 3 is 2.54 bits per heavy atom. The predicted molar refractivity (Wildman–Crippen MR) is 90.1 cm³/mol. The van der Waals surface area contributed by atoms with Crippen LogP contribution in [0.5, 0.6) is 11.5 Å². The molecule has 0 amide bonds.